The molecule has 0 amide bonds. The summed E-state index contributed by atoms with van der Waals surface area (Å²) in [5.41, 5.74) is 1.45. The van der Waals surface area contributed by atoms with E-state index in [4.69, 9.17) is 4.74 Å². The first-order valence-corrected chi connectivity index (χ1v) is 7.91. The first kappa shape index (κ1) is 18.3. The van der Waals surface area contributed by atoms with E-state index in [2.05, 4.69) is 5.10 Å². The Morgan fingerprint density at radius 2 is 1.92 bits per heavy atom. The summed E-state index contributed by atoms with van der Waals surface area (Å²) in [7, 11) is 0. The fourth-order valence-electron chi connectivity index (χ4n) is 2.52. The second-order valence-corrected chi connectivity index (χ2v) is 5.41. The van der Waals surface area contributed by atoms with Gasteiger partial charge in [0.25, 0.3) is 5.69 Å². The number of ketones is 1. The molecule has 0 aliphatic carbocycles. The van der Waals surface area contributed by atoms with Crippen molar-refractivity contribution in [3.63, 3.8) is 0 Å². The van der Waals surface area contributed by atoms with Gasteiger partial charge in [-0.25, -0.2) is 4.68 Å². The zero-order chi connectivity index (χ0) is 18.6. The third-order valence-corrected chi connectivity index (χ3v) is 3.88. The number of aromatic nitrogens is 2. The highest BCUT2D eigenvalue weighted by molar-refractivity contribution is 6.09. The van der Waals surface area contributed by atoms with E-state index < -0.39 is 16.8 Å². The molecule has 0 saturated carbocycles. The fraction of sp³-hybridized carbons (Fsp3) is 0.353. The summed E-state index contributed by atoms with van der Waals surface area (Å²) in [6.07, 6.45) is 1.74. The third kappa shape index (κ3) is 3.73. The van der Waals surface area contributed by atoms with Gasteiger partial charge in [-0.2, -0.15) is 5.10 Å². The normalized spacial score (nSPS) is 11.8. The van der Waals surface area contributed by atoms with E-state index in [1.54, 1.807) is 32.9 Å². The molecule has 132 valence electrons. The van der Waals surface area contributed by atoms with Crippen LogP contribution >= 0.6 is 0 Å². The minimum atomic E-state index is -0.867. The Kier molecular flexibility index (Phi) is 5.63. The Bertz CT molecular complexity index is 795. The number of ether oxygens (including phenoxy) is 1. The van der Waals surface area contributed by atoms with Gasteiger partial charge in [0.15, 0.2) is 5.78 Å². The highest BCUT2D eigenvalue weighted by Gasteiger charge is 2.29. The Morgan fingerprint density at radius 1 is 1.28 bits per heavy atom. The van der Waals surface area contributed by atoms with Crippen LogP contribution in [0.1, 0.15) is 36.3 Å². The molecule has 1 aromatic carbocycles. The summed E-state index contributed by atoms with van der Waals surface area (Å²) in [6, 6.07) is 5.83. The number of nitrogens with zero attached hydrogens (tertiary/aromatic N) is 3. The van der Waals surface area contributed by atoms with Gasteiger partial charge in [0.1, 0.15) is 5.92 Å². The molecule has 2 rings (SSSR count). The average Bonchev–Trinajstić information content (AvgIpc) is 2.97. The number of Topliss-reactive ketones (excluding diaryl/α,β-unsaturated/α-hetero) is 1. The van der Waals surface area contributed by atoms with Gasteiger partial charge < -0.3 is 4.74 Å². The van der Waals surface area contributed by atoms with Crippen LogP contribution in [-0.2, 0) is 9.53 Å². The summed E-state index contributed by atoms with van der Waals surface area (Å²) in [4.78, 5) is 34.8. The van der Waals surface area contributed by atoms with Crippen molar-refractivity contribution in [1.82, 2.24) is 9.78 Å². The number of esters is 1. The molecule has 0 fully saturated rings. The molecule has 0 aliphatic rings. The maximum atomic E-state index is 12.7. The minimum absolute atomic E-state index is 0.0294. The van der Waals surface area contributed by atoms with Crippen LogP contribution in [0.5, 0.6) is 0 Å². The number of benzene rings is 1. The number of rotatable bonds is 7. The average molecular weight is 345 g/mol. The van der Waals surface area contributed by atoms with E-state index in [1.165, 1.54) is 23.0 Å². The van der Waals surface area contributed by atoms with E-state index in [0.717, 1.165) is 0 Å². The van der Waals surface area contributed by atoms with Crippen molar-refractivity contribution in [2.75, 3.05) is 6.61 Å². The van der Waals surface area contributed by atoms with Gasteiger partial charge in [0.2, 0.25) is 0 Å². The molecular weight excluding hydrogens is 326 g/mol. The topological polar surface area (TPSA) is 104 Å². The second kappa shape index (κ2) is 7.69. The highest BCUT2D eigenvalue weighted by Crippen LogP contribution is 2.21. The summed E-state index contributed by atoms with van der Waals surface area (Å²) in [6.45, 7) is 5.35. The van der Waals surface area contributed by atoms with Crippen LogP contribution in [0.3, 0.4) is 0 Å². The third-order valence-electron chi connectivity index (χ3n) is 3.88. The predicted molar refractivity (Wildman–Crippen MR) is 89.7 cm³/mol. The van der Waals surface area contributed by atoms with Crippen molar-refractivity contribution >= 4 is 17.4 Å². The molecule has 0 bridgehead atoms. The molecule has 2 aromatic rings. The van der Waals surface area contributed by atoms with E-state index in [0.29, 0.717) is 23.4 Å². The maximum Gasteiger partial charge on any atom is 0.316 e. The Hall–Kier alpha value is -3.03. The van der Waals surface area contributed by atoms with Crippen LogP contribution < -0.4 is 0 Å². The summed E-state index contributed by atoms with van der Waals surface area (Å²) in [5.74, 6) is -1.75. The van der Waals surface area contributed by atoms with Crippen LogP contribution in [0.4, 0.5) is 5.69 Å². The van der Waals surface area contributed by atoms with Crippen LogP contribution in [0.15, 0.2) is 30.5 Å². The number of nitro groups is 1. The number of hydrogen-bond donors (Lipinski definition) is 0. The lowest BCUT2D eigenvalue weighted by molar-refractivity contribution is -0.384. The van der Waals surface area contributed by atoms with Gasteiger partial charge in [-0.05, 0) is 32.4 Å². The number of non-ortho nitro benzene ring substituents is 1. The van der Waals surface area contributed by atoms with Gasteiger partial charge in [-0.3, -0.25) is 19.7 Å². The smallest absolute Gasteiger partial charge is 0.316 e. The Labute approximate surface area is 144 Å². The molecule has 1 aromatic heterocycles. The second-order valence-electron chi connectivity index (χ2n) is 5.41. The lowest BCUT2D eigenvalue weighted by atomic mass is 9.96. The van der Waals surface area contributed by atoms with E-state index in [-0.39, 0.29) is 18.1 Å². The largest absolute Gasteiger partial charge is 0.465 e. The van der Waals surface area contributed by atoms with Crippen LogP contribution in [0, 0.1) is 23.0 Å². The summed E-state index contributed by atoms with van der Waals surface area (Å²) >= 11 is 0. The highest BCUT2D eigenvalue weighted by atomic mass is 16.6. The number of nitro benzene ring substituents is 1. The Balaban J connectivity index is 2.32. The van der Waals surface area contributed by atoms with E-state index >= 15 is 0 Å². The quantitative estimate of drug-likeness (QED) is 0.251. The fourth-order valence-corrected chi connectivity index (χ4v) is 2.52. The predicted octanol–water partition coefficient (Wildman–Crippen LogP) is 2.86. The molecule has 0 aliphatic heterocycles. The first-order valence-electron chi connectivity index (χ1n) is 7.91. The van der Waals surface area contributed by atoms with Crippen molar-refractivity contribution in [3.8, 4) is 5.69 Å². The Morgan fingerprint density at radius 3 is 2.44 bits per heavy atom. The molecule has 0 spiro atoms. The zero-order valence-electron chi connectivity index (χ0n) is 14.3. The monoisotopic (exact) mass is 345 g/mol. The SMILES string of the molecule is CCOC(=O)[C@@H](CC)C(=O)c1cnn(-c2ccc([N+](=O)[O-])cc2)c1C. The number of hydrogen-bond acceptors (Lipinski definition) is 6. The van der Waals surface area contributed by atoms with Crippen molar-refractivity contribution in [2.24, 2.45) is 5.92 Å². The molecule has 25 heavy (non-hydrogen) atoms. The lowest BCUT2D eigenvalue weighted by Crippen LogP contribution is -2.26. The van der Waals surface area contributed by atoms with Gasteiger partial charge in [-0.15, -0.1) is 0 Å². The summed E-state index contributed by atoms with van der Waals surface area (Å²) in [5, 5.41) is 14.9. The van der Waals surface area contributed by atoms with Crippen molar-refractivity contribution in [2.45, 2.75) is 27.2 Å². The maximum absolute atomic E-state index is 12.7. The molecule has 1 heterocycles. The minimum Gasteiger partial charge on any atom is -0.465 e. The standard InChI is InChI=1S/C17H19N3O5/c1-4-14(17(22)25-5-2)16(21)15-10-18-19(11(15)3)12-6-8-13(9-7-12)20(23)24/h6-10,14H,4-5H2,1-3H3/t14-/m0/s1. The zero-order valence-corrected chi connectivity index (χ0v) is 14.3. The molecule has 0 N–H and O–H groups in total. The number of carbonyl (C=O) groups excluding carboxylic acids is 2. The van der Waals surface area contributed by atoms with Gasteiger partial charge in [-0.1, -0.05) is 6.92 Å². The molecule has 8 heteroatoms. The number of carbonyl (C=O) groups is 2. The van der Waals surface area contributed by atoms with Crippen molar-refractivity contribution in [3.05, 3.63) is 51.8 Å². The van der Waals surface area contributed by atoms with Gasteiger partial charge in [0, 0.05) is 12.1 Å². The molecular formula is C17H19N3O5. The van der Waals surface area contributed by atoms with Crippen LogP contribution in [0.2, 0.25) is 0 Å². The van der Waals surface area contributed by atoms with E-state index in [1.807, 2.05) is 0 Å². The van der Waals surface area contributed by atoms with Gasteiger partial charge in [0.05, 0.1) is 34.7 Å². The van der Waals surface area contributed by atoms with Crippen LogP contribution in [0.25, 0.3) is 5.69 Å². The first-order chi connectivity index (χ1) is 11.9. The molecule has 1 atom stereocenters. The van der Waals surface area contributed by atoms with Crippen LogP contribution in [-0.4, -0.2) is 33.1 Å². The molecule has 0 unspecified atom stereocenters. The van der Waals surface area contributed by atoms with Gasteiger partial charge >= 0.3 is 5.97 Å². The molecule has 8 nitrogen and oxygen atoms in total. The lowest BCUT2D eigenvalue weighted by Gasteiger charge is -2.12. The molecule has 0 radical (unpaired) electrons. The van der Waals surface area contributed by atoms with Crippen molar-refractivity contribution in [1.29, 1.82) is 0 Å². The summed E-state index contributed by atoms with van der Waals surface area (Å²) < 4.78 is 6.46. The molecule has 0 saturated heterocycles. The van der Waals surface area contributed by atoms with Crippen molar-refractivity contribution < 1.29 is 19.2 Å². The van der Waals surface area contributed by atoms with E-state index in [9.17, 15) is 19.7 Å².